The Balaban J connectivity index is 2.22. The van der Waals surface area contributed by atoms with Gasteiger partial charge in [0.2, 0.25) is 0 Å². The van der Waals surface area contributed by atoms with Crippen molar-refractivity contribution in [1.82, 2.24) is 0 Å². The average molecular weight is 761 g/mol. The van der Waals surface area contributed by atoms with Crippen LogP contribution in [0.15, 0.2) is 0 Å². The zero-order chi connectivity index (χ0) is 26.7. The molecule has 0 radical (unpaired) electrons. The van der Waals surface area contributed by atoms with Crippen LogP contribution in [0.1, 0.15) is 0 Å². The van der Waals surface area contributed by atoms with Crippen molar-refractivity contribution in [3.63, 3.8) is 0 Å². The van der Waals surface area contributed by atoms with Crippen molar-refractivity contribution in [3.05, 3.63) is 70.3 Å². The molecule has 0 unspecified atom stereocenters. The van der Waals surface area contributed by atoms with Gasteiger partial charge in [0.25, 0.3) is 0 Å². The molecule has 186 valence electrons. The van der Waals surface area contributed by atoms with Crippen LogP contribution in [0, 0.1) is 0 Å². The first kappa shape index (κ1) is 28.7. The molecule has 0 heterocycles. The Morgan fingerprint density at radius 2 is 0.250 bits per heavy atom. The molecular formula is C22Cl14. The second kappa shape index (κ2) is 9.93. The van der Waals surface area contributed by atoms with Crippen molar-refractivity contribution in [1.29, 1.82) is 0 Å². The van der Waals surface area contributed by atoms with Crippen LogP contribution in [0.4, 0.5) is 0 Å². The van der Waals surface area contributed by atoms with Gasteiger partial charge in [0, 0.05) is 43.1 Å². The molecule has 0 N–H and O–H groups in total. The smallest absolute Gasteiger partial charge is 0.0800 e. The van der Waals surface area contributed by atoms with Crippen LogP contribution in [-0.4, -0.2) is 0 Å². The van der Waals surface area contributed by atoms with Gasteiger partial charge in [-0.1, -0.05) is 162 Å². The highest BCUT2D eigenvalue weighted by molar-refractivity contribution is 6.65. The molecule has 14 heteroatoms. The molecule has 0 amide bonds. The van der Waals surface area contributed by atoms with Crippen molar-refractivity contribution in [2.24, 2.45) is 0 Å². The van der Waals surface area contributed by atoms with E-state index in [9.17, 15) is 0 Å². The second-order valence-corrected chi connectivity index (χ2v) is 12.7. The van der Waals surface area contributed by atoms with E-state index in [-0.39, 0.29) is 113 Å². The lowest BCUT2D eigenvalue weighted by molar-refractivity contribution is 1.76. The first-order chi connectivity index (χ1) is 16.7. The van der Waals surface area contributed by atoms with Gasteiger partial charge >= 0.3 is 0 Å². The van der Waals surface area contributed by atoms with E-state index in [1.54, 1.807) is 0 Å². The van der Waals surface area contributed by atoms with Gasteiger partial charge in [-0.15, -0.1) is 0 Å². The highest BCUT2D eigenvalue weighted by atomic mass is 35.5. The van der Waals surface area contributed by atoms with Gasteiger partial charge < -0.3 is 0 Å². The third kappa shape index (κ3) is 3.72. The lowest BCUT2D eigenvalue weighted by Crippen LogP contribution is -1.93. The number of halogens is 14. The fraction of sp³-hybridized carbons (Fsp3) is 0. The number of fused-ring (bicyclic) bond motifs is 4. The van der Waals surface area contributed by atoms with Crippen molar-refractivity contribution < 1.29 is 0 Å². The van der Waals surface area contributed by atoms with Crippen molar-refractivity contribution in [2.75, 3.05) is 0 Å². The maximum atomic E-state index is 6.91. The molecule has 0 aliphatic heterocycles. The van der Waals surface area contributed by atoms with Gasteiger partial charge in [0.1, 0.15) is 0 Å². The minimum Gasteiger partial charge on any atom is -0.0829 e. The fourth-order valence-corrected chi connectivity index (χ4v) is 8.84. The number of rotatable bonds is 0. The topological polar surface area (TPSA) is 0 Å². The Bertz CT molecular complexity index is 1610. The molecule has 36 heavy (non-hydrogen) atoms. The Kier molecular flexibility index (Phi) is 7.92. The normalized spacial score (nSPS) is 12.2. The molecular weight excluding hydrogens is 761 g/mol. The molecule has 0 aliphatic carbocycles. The largest absolute Gasteiger partial charge is 0.0829 e. The number of hydrogen-bond donors (Lipinski definition) is 0. The Labute approximate surface area is 272 Å². The summed E-state index contributed by atoms with van der Waals surface area (Å²) in [4.78, 5) is 0. The highest BCUT2D eigenvalue weighted by Crippen LogP contribution is 2.58. The summed E-state index contributed by atoms with van der Waals surface area (Å²) in [6, 6.07) is 0. The second-order valence-electron chi connectivity index (χ2n) is 7.40. The predicted molar refractivity (Wildman–Crippen MR) is 167 cm³/mol. The minimum atomic E-state index is -0.0174. The standard InChI is InChI=1S/C22Cl14/c23-9-1-2(12(26)6-5(11(1)25)15(29)19(33)20(34)16(6)30)10(24)4-3(9)13(27)7-8(14(4)28)18(32)22(36)21(35)17(7)31. The van der Waals surface area contributed by atoms with E-state index >= 15 is 0 Å². The van der Waals surface area contributed by atoms with E-state index in [1.165, 1.54) is 0 Å². The van der Waals surface area contributed by atoms with Crippen molar-refractivity contribution in [2.45, 2.75) is 0 Å². The van der Waals surface area contributed by atoms with Crippen molar-refractivity contribution >= 4 is 206 Å². The maximum absolute atomic E-state index is 6.91. The van der Waals surface area contributed by atoms with Gasteiger partial charge in [0.15, 0.2) is 0 Å². The SMILES string of the molecule is Clc1c(Cl)c(Cl)c2c(Cl)c3c(Cl)c4c(Cl)c5c(Cl)c(Cl)c(Cl)c(Cl)c5c(Cl)c4c(Cl)c3c(Cl)c2c1Cl. The molecule has 5 aromatic rings. The molecule has 0 aromatic heterocycles. The number of hydrogen-bond acceptors (Lipinski definition) is 0. The molecule has 0 nitrogen and oxygen atoms in total. The van der Waals surface area contributed by atoms with E-state index in [4.69, 9.17) is 162 Å². The van der Waals surface area contributed by atoms with Gasteiger partial charge in [0.05, 0.1) is 70.3 Å². The van der Waals surface area contributed by atoms with Crippen LogP contribution in [-0.2, 0) is 0 Å². The molecule has 0 atom stereocenters. The van der Waals surface area contributed by atoms with Crippen LogP contribution in [0.3, 0.4) is 0 Å². The van der Waals surface area contributed by atoms with Crippen molar-refractivity contribution in [3.8, 4) is 0 Å². The third-order valence-electron chi connectivity index (χ3n) is 5.67. The van der Waals surface area contributed by atoms with Gasteiger partial charge in [-0.3, -0.25) is 0 Å². The van der Waals surface area contributed by atoms with Crippen LogP contribution >= 0.6 is 162 Å². The Hall–Kier alpha value is 1.20. The summed E-state index contributed by atoms with van der Waals surface area (Å²) in [6.07, 6.45) is 0. The summed E-state index contributed by atoms with van der Waals surface area (Å²) >= 11 is 92.2. The monoisotopic (exact) mass is 754 g/mol. The maximum Gasteiger partial charge on any atom is 0.0800 e. The lowest BCUT2D eigenvalue weighted by atomic mass is 9.96. The first-order valence-corrected chi connectivity index (χ1v) is 14.4. The van der Waals surface area contributed by atoms with E-state index in [0.717, 1.165) is 0 Å². The third-order valence-corrected chi connectivity index (χ3v) is 11.5. The molecule has 0 saturated carbocycles. The lowest BCUT2D eigenvalue weighted by Gasteiger charge is -2.21. The molecule has 0 saturated heterocycles. The highest BCUT2D eigenvalue weighted by Gasteiger charge is 2.30. The molecule has 0 bridgehead atoms. The van der Waals surface area contributed by atoms with Crippen LogP contribution in [0.5, 0.6) is 0 Å². The Morgan fingerprint density at radius 3 is 0.389 bits per heavy atom. The molecule has 0 spiro atoms. The van der Waals surface area contributed by atoms with Crippen LogP contribution < -0.4 is 0 Å². The summed E-state index contributed by atoms with van der Waals surface area (Å²) in [6.45, 7) is 0. The van der Waals surface area contributed by atoms with E-state index in [2.05, 4.69) is 0 Å². The molecule has 0 fully saturated rings. The molecule has 5 rings (SSSR count). The zero-order valence-electron chi connectivity index (χ0n) is 16.3. The zero-order valence-corrected chi connectivity index (χ0v) is 26.9. The van der Waals surface area contributed by atoms with Crippen LogP contribution in [0.25, 0.3) is 43.1 Å². The summed E-state index contributed by atoms with van der Waals surface area (Å²) in [5.74, 6) is 0. The van der Waals surface area contributed by atoms with Gasteiger partial charge in [-0.25, -0.2) is 0 Å². The van der Waals surface area contributed by atoms with E-state index in [1.807, 2.05) is 0 Å². The summed E-state index contributed by atoms with van der Waals surface area (Å²) in [7, 11) is 0. The molecule has 5 aromatic carbocycles. The fourth-order valence-electron chi connectivity index (χ4n) is 4.10. The average Bonchev–Trinajstić information content (AvgIpc) is 2.83. The number of benzene rings is 5. The predicted octanol–water partition coefficient (Wildman–Crippen LogP) is 15.4. The first-order valence-electron chi connectivity index (χ1n) is 9.15. The summed E-state index contributed by atoms with van der Waals surface area (Å²) in [5.41, 5.74) is 0. The summed E-state index contributed by atoms with van der Waals surface area (Å²) < 4.78 is 0. The van der Waals surface area contributed by atoms with Gasteiger partial charge in [-0.05, 0) is 0 Å². The van der Waals surface area contributed by atoms with E-state index < -0.39 is 0 Å². The Morgan fingerprint density at radius 1 is 0.139 bits per heavy atom. The quantitative estimate of drug-likeness (QED) is 0.0838. The molecule has 0 aliphatic rings. The minimum absolute atomic E-state index is 0.0149. The summed E-state index contributed by atoms with van der Waals surface area (Å²) in [5, 5.41) is 1.99. The van der Waals surface area contributed by atoms with E-state index in [0.29, 0.717) is 0 Å². The van der Waals surface area contributed by atoms with Gasteiger partial charge in [-0.2, -0.15) is 0 Å². The van der Waals surface area contributed by atoms with Crippen LogP contribution in [0.2, 0.25) is 70.3 Å².